The minimum Gasteiger partial charge on any atom is -0.396 e. The summed E-state index contributed by atoms with van der Waals surface area (Å²) in [5, 5.41) is 12.5. The van der Waals surface area contributed by atoms with Crippen molar-refractivity contribution in [1.29, 1.82) is 0 Å². The Morgan fingerprint density at radius 1 is 1.24 bits per heavy atom. The maximum Gasteiger partial charge on any atom is 0.271 e. The molecule has 0 unspecified atom stereocenters. The number of unbranched alkanes of at least 4 members (excludes halogenated alkanes) is 2. The molecular formula is C15H17FN2O3. The van der Waals surface area contributed by atoms with Crippen LogP contribution in [0, 0.1) is 5.82 Å². The number of aromatic nitrogens is 1. The largest absolute Gasteiger partial charge is 0.396 e. The molecule has 6 heteroatoms. The van der Waals surface area contributed by atoms with Gasteiger partial charge in [0.2, 0.25) is 0 Å². The van der Waals surface area contributed by atoms with E-state index in [4.69, 9.17) is 15.4 Å². The van der Waals surface area contributed by atoms with E-state index in [0.29, 0.717) is 29.7 Å². The fraction of sp³-hybridized carbons (Fsp3) is 0.333. The summed E-state index contributed by atoms with van der Waals surface area (Å²) in [5.74, 6) is -0.560. The molecule has 0 radical (unpaired) electrons. The van der Waals surface area contributed by atoms with Crippen LogP contribution >= 0.6 is 0 Å². The minimum atomic E-state index is -0.649. The number of carbonyl (C=O) groups is 1. The smallest absolute Gasteiger partial charge is 0.271 e. The molecule has 1 aromatic heterocycles. The van der Waals surface area contributed by atoms with Crippen molar-refractivity contribution in [2.45, 2.75) is 25.7 Å². The number of rotatable bonds is 7. The minimum absolute atomic E-state index is 0.110. The number of nitrogens with zero attached hydrogens (tertiary/aromatic N) is 1. The first-order valence-electron chi connectivity index (χ1n) is 6.78. The molecule has 2 aromatic rings. The predicted molar refractivity (Wildman–Crippen MR) is 75.1 cm³/mol. The van der Waals surface area contributed by atoms with E-state index in [9.17, 15) is 9.18 Å². The average Bonchev–Trinajstić information content (AvgIpc) is 2.88. The summed E-state index contributed by atoms with van der Waals surface area (Å²) in [6, 6.07) is 5.77. The number of aliphatic hydroxyl groups excluding tert-OH is 1. The molecule has 0 fully saturated rings. The number of hydrogen-bond donors (Lipinski definition) is 2. The number of primary amides is 1. The molecule has 3 N–H and O–H groups in total. The highest BCUT2D eigenvalue weighted by Gasteiger charge is 2.20. The monoisotopic (exact) mass is 292 g/mol. The molecule has 0 saturated carbocycles. The molecule has 5 nitrogen and oxygen atoms in total. The number of nitrogens with two attached hydrogens (primary N) is 1. The number of amides is 1. The highest BCUT2D eigenvalue weighted by molar-refractivity contribution is 5.93. The van der Waals surface area contributed by atoms with E-state index in [1.54, 1.807) is 12.1 Å². The fourth-order valence-electron chi connectivity index (χ4n) is 2.15. The van der Waals surface area contributed by atoms with Gasteiger partial charge >= 0.3 is 0 Å². The lowest BCUT2D eigenvalue weighted by molar-refractivity contribution is 0.0991. The summed E-state index contributed by atoms with van der Waals surface area (Å²) >= 11 is 0. The van der Waals surface area contributed by atoms with E-state index in [2.05, 4.69) is 5.16 Å². The summed E-state index contributed by atoms with van der Waals surface area (Å²) in [7, 11) is 0. The summed E-state index contributed by atoms with van der Waals surface area (Å²) in [5.41, 5.74) is 6.69. The lowest BCUT2D eigenvalue weighted by Gasteiger charge is -2.03. The van der Waals surface area contributed by atoms with Crippen molar-refractivity contribution in [1.82, 2.24) is 5.16 Å². The second-order valence-electron chi connectivity index (χ2n) is 4.74. The van der Waals surface area contributed by atoms with Crippen molar-refractivity contribution in [2.24, 2.45) is 5.73 Å². The van der Waals surface area contributed by atoms with Gasteiger partial charge in [-0.15, -0.1) is 0 Å². The van der Waals surface area contributed by atoms with E-state index < -0.39 is 5.91 Å². The molecule has 0 saturated heterocycles. The standard InChI is InChI=1S/C15H17FN2O3/c16-11-7-5-10(6-8-11)14-12(4-2-1-3-9-19)13(15(17)20)18-21-14/h5-8,19H,1-4,9H2,(H2,17,20). The van der Waals surface area contributed by atoms with Crippen LogP contribution in [0.2, 0.25) is 0 Å². The second kappa shape index (κ2) is 6.99. The first-order chi connectivity index (χ1) is 10.1. The Labute approximate surface area is 121 Å². The van der Waals surface area contributed by atoms with Gasteiger partial charge in [0.15, 0.2) is 11.5 Å². The summed E-state index contributed by atoms with van der Waals surface area (Å²) in [6.45, 7) is 0.136. The Kier molecular flexibility index (Phi) is 5.05. The molecule has 1 heterocycles. The maximum absolute atomic E-state index is 13.0. The van der Waals surface area contributed by atoms with E-state index in [1.807, 2.05) is 0 Å². The van der Waals surface area contributed by atoms with Gasteiger partial charge in [-0.2, -0.15) is 0 Å². The van der Waals surface area contributed by atoms with Crippen LogP contribution in [0.5, 0.6) is 0 Å². The van der Waals surface area contributed by atoms with Gasteiger partial charge in [-0.3, -0.25) is 4.79 Å². The van der Waals surface area contributed by atoms with Crippen molar-refractivity contribution in [2.75, 3.05) is 6.61 Å². The van der Waals surface area contributed by atoms with Crippen LogP contribution in [0.4, 0.5) is 4.39 Å². The van der Waals surface area contributed by atoms with Crippen LogP contribution in [0.3, 0.4) is 0 Å². The molecule has 1 amide bonds. The predicted octanol–water partition coefficient (Wildman–Crippen LogP) is 2.28. The number of hydrogen-bond acceptors (Lipinski definition) is 4. The average molecular weight is 292 g/mol. The van der Waals surface area contributed by atoms with Crippen molar-refractivity contribution in [3.8, 4) is 11.3 Å². The zero-order valence-electron chi connectivity index (χ0n) is 11.5. The Morgan fingerprint density at radius 3 is 2.57 bits per heavy atom. The maximum atomic E-state index is 13.0. The van der Waals surface area contributed by atoms with Gasteiger partial charge in [0.05, 0.1) is 0 Å². The SMILES string of the molecule is NC(=O)c1noc(-c2ccc(F)cc2)c1CCCCCO. The number of aliphatic hydroxyl groups is 1. The molecule has 1 aromatic carbocycles. The first-order valence-corrected chi connectivity index (χ1v) is 6.78. The molecule has 21 heavy (non-hydrogen) atoms. The second-order valence-corrected chi connectivity index (χ2v) is 4.74. The van der Waals surface area contributed by atoms with Gasteiger partial charge in [-0.05, 0) is 43.5 Å². The third-order valence-electron chi connectivity index (χ3n) is 3.21. The number of benzene rings is 1. The molecule has 2 rings (SSSR count). The lowest BCUT2D eigenvalue weighted by Crippen LogP contribution is -2.13. The first kappa shape index (κ1) is 15.2. The molecule has 0 atom stereocenters. The van der Waals surface area contributed by atoms with Crippen molar-refractivity contribution >= 4 is 5.91 Å². The van der Waals surface area contributed by atoms with Crippen molar-refractivity contribution in [3.63, 3.8) is 0 Å². The quantitative estimate of drug-likeness (QED) is 0.766. The normalized spacial score (nSPS) is 10.8. The highest BCUT2D eigenvalue weighted by atomic mass is 19.1. The van der Waals surface area contributed by atoms with Gasteiger partial charge in [-0.1, -0.05) is 11.6 Å². The third kappa shape index (κ3) is 3.66. The Morgan fingerprint density at radius 2 is 1.95 bits per heavy atom. The summed E-state index contributed by atoms with van der Waals surface area (Å²) in [4.78, 5) is 11.4. The van der Waals surface area contributed by atoms with Crippen LogP contribution < -0.4 is 5.73 Å². The fourth-order valence-corrected chi connectivity index (χ4v) is 2.15. The van der Waals surface area contributed by atoms with Crippen LogP contribution in [0.15, 0.2) is 28.8 Å². The van der Waals surface area contributed by atoms with Gasteiger partial charge in [0.25, 0.3) is 5.91 Å². The molecule has 0 spiro atoms. The number of halogens is 1. The molecule has 112 valence electrons. The van der Waals surface area contributed by atoms with E-state index in [1.165, 1.54) is 12.1 Å². The van der Waals surface area contributed by atoms with E-state index in [-0.39, 0.29) is 18.1 Å². The van der Waals surface area contributed by atoms with Crippen molar-refractivity contribution in [3.05, 3.63) is 41.3 Å². The van der Waals surface area contributed by atoms with Crippen molar-refractivity contribution < 1.29 is 18.8 Å². The summed E-state index contributed by atoms with van der Waals surface area (Å²) < 4.78 is 18.2. The van der Waals surface area contributed by atoms with E-state index >= 15 is 0 Å². The Bertz CT molecular complexity index is 608. The number of carbonyl (C=O) groups excluding carboxylic acids is 1. The molecule has 0 aliphatic rings. The van der Waals surface area contributed by atoms with Crippen LogP contribution in [0.1, 0.15) is 35.3 Å². The van der Waals surface area contributed by atoms with Gasteiger partial charge in [0.1, 0.15) is 5.82 Å². The van der Waals surface area contributed by atoms with E-state index in [0.717, 1.165) is 12.8 Å². The lowest BCUT2D eigenvalue weighted by atomic mass is 10.0. The van der Waals surface area contributed by atoms with Crippen LogP contribution in [0.25, 0.3) is 11.3 Å². The Hall–Kier alpha value is -2.21. The Balaban J connectivity index is 2.28. The molecule has 0 aliphatic carbocycles. The zero-order chi connectivity index (χ0) is 15.2. The van der Waals surface area contributed by atoms with Gasteiger partial charge < -0.3 is 15.4 Å². The topological polar surface area (TPSA) is 89.4 Å². The van der Waals surface area contributed by atoms with Crippen LogP contribution in [-0.4, -0.2) is 22.8 Å². The summed E-state index contributed by atoms with van der Waals surface area (Å²) in [6.07, 6.45) is 2.86. The van der Waals surface area contributed by atoms with Gasteiger partial charge in [-0.25, -0.2) is 4.39 Å². The van der Waals surface area contributed by atoms with Gasteiger partial charge in [0, 0.05) is 17.7 Å². The third-order valence-corrected chi connectivity index (χ3v) is 3.21. The highest BCUT2D eigenvalue weighted by Crippen LogP contribution is 2.28. The molecule has 0 bridgehead atoms. The molecule has 0 aliphatic heterocycles. The zero-order valence-corrected chi connectivity index (χ0v) is 11.5. The van der Waals surface area contributed by atoms with Crippen LogP contribution in [-0.2, 0) is 6.42 Å². The molecular weight excluding hydrogens is 275 g/mol.